The second kappa shape index (κ2) is 7.10. The maximum atomic E-state index is 8.79. The van der Waals surface area contributed by atoms with E-state index in [4.69, 9.17) is 10.00 Å². The molecule has 1 aliphatic heterocycles. The van der Waals surface area contributed by atoms with Crippen molar-refractivity contribution in [2.24, 2.45) is 0 Å². The molecule has 2 unspecified atom stereocenters. The third-order valence-electron chi connectivity index (χ3n) is 2.22. The Balaban J connectivity index is 2.04. The van der Waals surface area contributed by atoms with Gasteiger partial charge in [-0.1, -0.05) is 6.92 Å². The Morgan fingerprint density at radius 2 is 2.57 bits per heavy atom. The van der Waals surface area contributed by atoms with E-state index in [1.165, 1.54) is 12.8 Å². The summed E-state index contributed by atoms with van der Waals surface area (Å²) in [4.78, 5) is 0. The van der Waals surface area contributed by atoms with Crippen molar-refractivity contribution in [2.45, 2.75) is 31.9 Å². The molecule has 0 spiro atoms. The molecule has 14 heavy (non-hydrogen) atoms. The highest BCUT2D eigenvalue weighted by atomic mass is 32.2. The Kier molecular flexibility index (Phi) is 6.00. The first kappa shape index (κ1) is 11.8. The summed E-state index contributed by atoms with van der Waals surface area (Å²) < 4.78 is 5.50. The molecule has 1 saturated heterocycles. The molecular formula is C10H18N2OS. The molecule has 1 rings (SSSR count). The first-order valence-electron chi connectivity index (χ1n) is 5.19. The van der Waals surface area contributed by atoms with E-state index in [0.29, 0.717) is 6.10 Å². The van der Waals surface area contributed by atoms with E-state index >= 15 is 0 Å². The van der Waals surface area contributed by atoms with Gasteiger partial charge in [0.2, 0.25) is 0 Å². The molecule has 0 radical (unpaired) electrons. The Morgan fingerprint density at radius 1 is 1.71 bits per heavy atom. The molecule has 0 bridgehead atoms. The Bertz CT molecular complexity index is 187. The van der Waals surface area contributed by atoms with Gasteiger partial charge < -0.3 is 10.1 Å². The first-order chi connectivity index (χ1) is 6.86. The second-order valence-electron chi connectivity index (χ2n) is 3.41. The third kappa shape index (κ3) is 4.32. The number of hydrogen-bond acceptors (Lipinski definition) is 4. The van der Waals surface area contributed by atoms with E-state index in [-0.39, 0.29) is 6.04 Å². The lowest BCUT2D eigenvalue weighted by molar-refractivity contribution is 0.129. The number of nitriles is 1. The number of hydrogen-bond donors (Lipinski definition) is 1. The summed E-state index contributed by atoms with van der Waals surface area (Å²) in [5, 5.41) is 11.9. The van der Waals surface area contributed by atoms with Crippen molar-refractivity contribution in [3.63, 3.8) is 0 Å². The van der Waals surface area contributed by atoms with Crippen LogP contribution in [0.1, 0.15) is 19.8 Å². The lowest BCUT2D eigenvalue weighted by Gasteiger charge is -2.11. The monoisotopic (exact) mass is 214 g/mol. The standard InChI is InChI=1S/C10H18N2OS/c1-2-12-9(6-11)7-14-8-10-4-3-5-13-10/h9-10,12H,2-5,7-8H2,1H3. The van der Waals surface area contributed by atoms with Gasteiger partial charge in [-0.15, -0.1) is 0 Å². The fourth-order valence-corrected chi connectivity index (χ4v) is 2.57. The molecule has 4 heteroatoms. The molecule has 0 aliphatic carbocycles. The lowest BCUT2D eigenvalue weighted by atomic mass is 10.3. The van der Waals surface area contributed by atoms with Crippen LogP contribution in [-0.4, -0.2) is 36.8 Å². The minimum atomic E-state index is -0.00796. The van der Waals surface area contributed by atoms with Crippen molar-refractivity contribution in [1.29, 1.82) is 5.26 Å². The highest BCUT2D eigenvalue weighted by Gasteiger charge is 2.15. The van der Waals surface area contributed by atoms with Gasteiger partial charge in [0, 0.05) is 18.1 Å². The molecule has 80 valence electrons. The van der Waals surface area contributed by atoms with Crippen LogP contribution in [0.3, 0.4) is 0 Å². The average molecular weight is 214 g/mol. The molecule has 3 nitrogen and oxygen atoms in total. The molecule has 2 atom stereocenters. The van der Waals surface area contributed by atoms with Crippen LogP contribution in [0.2, 0.25) is 0 Å². The number of thioether (sulfide) groups is 1. The molecule has 1 aliphatic rings. The van der Waals surface area contributed by atoms with Crippen LogP contribution >= 0.6 is 11.8 Å². The van der Waals surface area contributed by atoms with E-state index in [1.54, 1.807) is 0 Å². The zero-order chi connectivity index (χ0) is 10.2. The van der Waals surface area contributed by atoms with Gasteiger partial charge in [0.1, 0.15) is 6.04 Å². The van der Waals surface area contributed by atoms with Crippen LogP contribution in [0.4, 0.5) is 0 Å². The zero-order valence-electron chi connectivity index (χ0n) is 8.66. The highest BCUT2D eigenvalue weighted by molar-refractivity contribution is 7.99. The summed E-state index contributed by atoms with van der Waals surface area (Å²) in [5.41, 5.74) is 0. The normalized spacial score (nSPS) is 23.3. The van der Waals surface area contributed by atoms with Gasteiger partial charge in [-0.2, -0.15) is 17.0 Å². The van der Waals surface area contributed by atoms with Gasteiger partial charge in [0.15, 0.2) is 0 Å². The first-order valence-corrected chi connectivity index (χ1v) is 6.34. The Morgan fingerprint density at radius 3 is 3.14 bits per heavy atom. The average Bonchev–Trinajstić information content (AvgIpc) is 2.69. The molecule has 0 aromatic carbocycles. The Labute approximate surface area is 90.2 Å². The van der Waals surface area contributed by atoms with E-state index < -0.39 is 0 Å². The number of rotatable bonds is 6. The van der Waals surface area contributed by atoms with Crippen molar-refractivity contribution < 1.29 is 4.74 Å². The summed E-state index contributed by atoms with van der Waals surface area (Å²) in [5.74, 6) is 1.90. The van der Waals surface area contributed by atoms with Crippen LogP contribution in [0, 0.1) is 11.3 Å². The molecule has 1 heterocycles. The van der Waals surface area contributed by atoms with E-state index in [0.717, 1.165) is 24.7 Å². The van der Waals surface area contributed by atoms with Crippen molar-refractivity contribution >= 4 is 11.8 Å². The topological polar surface area (TPSA) is 45.0 Å². The number of nitrogens with zero attached hydrogens (tertiary/aromatic N) is 1. The molecule has 1 N–H and O–H groups in total. The Hall–Kier alpha value is -0.240. The summed E-state index contributed by atoms with van der Waals surface area (Å²) >= 11 is 1.81. The molecule has 0 amide bonds. The molecule has 1 fully saturated rings. The maximum Gasteiger partial charge on any atom is 0.104 e. The minimum Gasteiger partial charge on any atom is -0.377 e. The molecule has 0 aromatic rings. The van der Waals surface area contributed by atoms with Gasteiger partial charge in [0.05, 0.1) is 12.2 Å². The van der Waals surface area contributed by atoms with Gasteiger partial charge in [-0.3, -0.25) is 0 Å². The van der Waals surface area contributed by atoms with Crippen LogP contribution < -0.4 is 5.32 Å². The van der Waals surface area contributed by atoms with Crippen LogP contribution in [0.25, 0.3) is 0 Å². The predicted molar refractivity (Wildman–Crippen MR) is 59.4 cm³/mol. The van der Waals surface area contributed by atoms with Crippen LogP contribution in [0.15, 0.2) is 0 Å². The fourth-order valence-electron chi connectivity index (χ4n) is 1.48. The molecule has 0 aromatic heterocycles. The maximum absolute atomic E-state index is 8.79. The van der Waals surface area contributed by atoms with E-state index in [2.05, 4.69) is 11.4 Å². The summed E-state index contributed by atoms with van der Waals surface area (Å²) in [7, 11) is 0. The number of nitrogens with one attached hydrogen (secondary N) is 1. The lowest BCUT2D eigenvalue weighted by Crippen LogP contribution is -2.30. The fraction of sp³-hybridized carbons (Fsp3) is 0.900. The molecular weight excluding hydrogens is 196 g/mol. The zero-order valence-corrected chi connectivity index (χ0v) is 9.48. The van der Waals surface area contributed by atoms with Crippen molar-refractivity contribution in [3.05, 3.63) is 0 Å². The third-order valence-corrected chi connectivity index (χ3v) is 3.40. The van der Waals surface area contributed by atoms with E-state index in [9.17, 15) is 0 Å². The van der Waals surface area contributed by atoms with Crippen molar-refractivity contribution in [1.82, 2.24) is 5.32 Å². The van der Waals surface area contributed by atoms with Gasteiger partial charge >= 0.3 is 0 Å². The van der Waals surface area contributed by atoms with Crippen LogP contribution in [-0.2, 0) is 4.74 Å². The smallest absolute Gasteiger partial charge is 0.104 e. The van der Waals surface area contributed by atoms with Crippen molar-refractivity contribution in [2.75, 3.05) is 24.7 Å². The SMILES string of the molecule is CCNC(C#N)CSCC1CCCO1. The minimum absolute atomic E-state index is 0.00796. The largest absolute Gasteiger partial charge is 0.377 e. The van der Waals surface area contributed by atoms with Gasteiger partial charge in [-0.05, 0) is 19.4 Å². The van der Waals surface area contributed by atoms with Crippen LogP contribution in [0.5, 0.6) is 0 Å². The van der Waals surface area contributed by atoms with Gasteiger partial charge in [-0.25, -0.2) is 0 Å². The highest BCUT2D eigenvalue weighted by Crippen LogP contribution is 2.17. The quantitative estimate of drug-likeness (QED) is 0.726. The predicted octanol–water partition coefficient (Wildman–Crippen LogP) is 1.40. The van der Waals surface area contributed by atoms with Crippen molar-refractivity contribution in [3.8, 4) is 6.07 Å². The van der Waals surface area contributed by atoms with Gasteiger partial charge in [0.25, 0.3) is 0 Å². The summed E-state index contributed by atoms with van der Waals surface area (Å²) in [6.07, 6.45) is 2.81. The second-order valence-corrected chi connectivity index (χ2v) is 4.49. The molecule has 0 saturated carbocycles. The summed E-state index contributed by atoms with van der Waals surface area (Å²) in [6, 6.07) is 2.25. The van der Waals surface area contributed by atoms with E-state index in [1.807, 2.05) is 18.7 Å². The number of ether oxygens (including phenoxy) is 1. The summed E-state index contributed by atoms with van der Waals surface area (Å²) in [6.45, 7) is 3.80.